The summed E-state index contributed by atoms with van der Waals surface area (Å²) in [6.45, 7) is 3.18. The molecule has 0 spiro atoms. The van der Waals surface area contributed by atoms with E-state index < -0.39 is 11.9 Å². The fraction of sp³-hybridized carbons (Fsp3) is 0.294. The van der Waals surface area contributed by atoms with Crippen molar-refractivity contribution in [1.29, 1.82) is 0 Å². The first kappa shape index (κ1) is 19.9. The average Bonchev–Trinajstić information content (AvgIpc) is 2.53. The van der Waals surface area contributed by atoms with Crippen LogP contribution in [0.5, 0.6) is 5.75 Å². The monoisotopic (exact) mass is 370 g/mol. The normalized spacial score (nSPS) is 10.4. The van der Waals surface area contributed by atoms with Gasteiger partial charge in [0.15, 0.2) is 13.2 Å². The molecule has 0 atom stereocenters. The van der Waals surface area contributed by atoms with E-state index in [9.17, 15) is 9.59 Å². The minimum Gasteiger partial charge on any atom is -0.480 e. The zero-order chi connectivity index (χ0) is 17.9. The summed E-state index contributed by atoms with van der Waals surface area (Å²) in [6.07, 6.45) is 1.40. The molecule has 0 radical (unpaired) electrons. The number of ether oxygens (including phenoxy) is 3. The molecule has 0 saturated heterocycles. The molecule has 0 fully saturated rings. The van der Waals surface area contributed by atoms with Gasteiger partial charge in [-0.1, -0.05) is 35.0 Å². The van der Waals surface area contributed by atoms with Crippen molar-refractivity contribution in [1.82, 2.24) is 0 Å². The molecule has 0 N–H and O–H groups in total. The molecular formula is C17H16Cl2O5. The van der Waals surface area contributed by atoms with E-state index in [4.69, 9.17) is 37.4 Å². The molecule has 5 nitrogen and oxygen atoms in total. The summed E-state index contributed by atoms with van der Waals surface area (Å²) >= 11 is 11.7. The van der Waals surface area contributed by atoms with E-state index in [0.29, 0.717) is 28.0 Å². The van der Waals surface area contributed by atoms with Crippen molar-refractivity contribution in [3.05, 3.63) is 39.9 Å². The Morgan fingerprint density at radius 3 is 2.67 bits per heavy atom. The van der Waals surface area contributed by atoms with Gasteiger partial charge in [0.25, 0.3) is 0 Å². The molecule has 0 heterocycles. The van der Waals surface area contributed by atoms with Crippen LogP contribution < -0.4 is 4.74 Å². The molecule has 0 unspecified atom stereocenters. The first-order chi connectivity index (χ1) is 11.4. The van der Waals surface area contributed by atoms with Crippen LogP contribution in [0.3, 0.4) is 0 Å². The lowest BCUT2D eigenvalue weighted by Gasteiger charge is -2.07. The molecule has 0 aliphatic heterocycles. The van der Waals surface area contributed by atoms with Crippen molar-refractivity contribution in [2.24, 2.45) is 0 Å². The maximum absolute atomic E-state index is 11.5. The van der Waals surface area contributed by atoms with Crippen molar-refractivity contribution < 1.29 is 23.8 Å². The second-order valence-electron chi connectivity index (χ2n) is 4.39. The Labute approximate surface area is 150 Å². The average molecular weight is 371 g/mol. The number of hydrogen-bond donors (Lipinski definition) is 0. The molecular weight excluding hydrogens is 355 g/mol. The predicted molar refractivity (Wildman–Crippen MR) is 91.1 cm³/mol. The standard InChI is InChI=1S/C17H16Cl2O5/c1-3-22-17(21)12(2)6-4-5-9-23-16(20)11-24-15-8-7-13(18)10-14(15)19/h6-8,10H,3,9,11H2,1-2H3. The van der Waals surface area contributed by atoms with Gasteiger partial charge in [-0.15, -0.1) is 0 Å². The maximum atomic E-state index is 11.5. The lowest BCUT2D eigenvalue weighted by Crippen LogP contribution is -2.15. The number of allylic oxidation sites excluding steroid dienone is 1. The van der Waals surface area contributed by atoms with E-state index in [1.165, 1.54) is 12.1 Å². The Hall–Kier alpha value is -2.16. The predicted octanol–water partition coefficient (Wildman–Crippen LogP) is 3.43. The molecule has 0 aromatic heterocycles. The third-order valence-electron chi connectivity index (χ3n) is 2.53. The van der Waals surface area contributed by atoms with Crippen LogP contribution in [0.4, 0.5) is 0 Å². The number of halogens is 2. The number of esters is 2. The molecule has 128 valence electrons. The zero-order valence-corrected chi connectivity index (χ0v) is 14.7. The fourth-order valence-electron chi connectivity index (χ4n) is 1.39. The summed E-state index contributed by atoms with van der Waals surface area (Å²) < 4.78 is 14.9. The lowest BCUT2D eigenvalue weighted by molar-refractivity contribution is -0.144. The Kier molecular flexibility index (Phi) is 8.77. The van der Waals surface area contributed by atoms with Gasteiger partial charge < -0.3 is 14.2 Å². The second-order valence-corrected chi connectivity index (χ2v) is 5.24. The van der Waals surface area contributed by atoms with E-state index in [1.54, 1.807) is 26.0 Å². The van der Waals surface area contributed by atoms with Gasteiger partial charge in [0.1, 0.15) is 5.75 Å². The Morgan fingerprint density at radius 2 is 2.00 bits per heavy atom. The Bertz CT molecular complexity index is 686. The maximum Gasteiger partial charge on any atom is 0.345 e. The van der Waals surface area contributed by atoms with Crippen molar-refractivity contribution >= 4 is 35.1 Å². The topological polar surface area (TPSA) is 61.8 Å². The van der Waals surface area contributed by atoms with Crippen LogP contribution in [0.25, 0.3) is 0 Å². The quantitative estimate of drug-likeness (QED) is 0.436. The fourth-order valence-corrected chi connectivity index (χ4v) is 1.86. The van der Waals surface area contributed by atoms with Gasteiger partial charge in [-0.3, -0.25) is 0 Å². The smallest absolute Gasteiger partial charge is 0.345 e. The van der Waals surface area contributed by atoms with Crippen LogP contribution in [-0.4, -0.2) is 31.8 Å². The highest BCUT2D eigenvalue weighted by Gasteiger charge is 2.07. The summed E-state index contributed by atoms with van der Waals surface area (Å²) in [6, 6.07) is 4.66. The van der Waals surface area contributed by atoms with E-state index in [-0.39, 0.29) is 13.2 Å². The molecule has 7 heteroatoms. The van der Waals surface area contributed by atoms with Crippen LogP contribution in [0.1, 0.15) is 13.8 Å². The number of benzene rings is 1. The molecule has 0 aliphatic rings. The van der Waals surface area contributed by atoms with E-state index >= 15 is 0 Å². The minimum absolute atomic E-state index is 0.122. The van der Waals surface area contributed by atoms with E-state index in [2.05, 4.69) is 11.8 Å². The van der Waals surface area contributed by atoms with E-state index in [1.807, 2.05) is 0 Å². The first-order valence-corrected chi connectivity index (χ1v) is 7.75. The minimum atomic E-state index is -0.596. The van der Waals surface area contributed by atoms with Crippen LogP contribution in [0.15, 0.2) is 29.8 Å². The van der Waals surface area contributed by atoms with Gasteiger partial charge in [-0.05, 0) is 38.1 Å². The highest BCUT2D eigenvalue weighted by Crippen LogP contribution is 2.27. The van der Waals surface area contributed by atoms with Crippen molar-refractivity contribution in [3.8, 4) is 17.6 Å². The van der Waals surface area contributed by atoms with Gasteiger partial charge in [-0.25, -0.2) is 9.59 Å². The molecule has 0 saturated carbocycles. The third kappa shape index (κ3) is 7.40. The molecule has 0 bridgehead atoms. The summed E-state index contributed by atoms with van der Waals surface area (Å²) in [4.78, 5) is 22.8. The molecule has 1 aromatic carbocycles. The summed E-state index contributed by atoms with van der Waals surface area (Å²) in [5.41, 5.74) is 0.372. The molecule has 24 heavy (non-hydrogen) atoms. The van der Waals surface area contributed by atoms with Crippen molar-refractivity contribution in [2.45, 2.75) is 13.8 Å². The molecule has 1 rings (SSSR count). The summed E-state index contributed by atoms with van der Waals surface area (Å²) in [5.74, 6) is 4.49. The Morgan fingerprint density at radius 1 is 1.25 bits per heavy atom. The first-order valence-electron chi connectivity index (χ1n) is 6.99. The number of carbonyl (C=O) groups is 2. The number of rotatable bonds is 6. The Balaban J connectivity index is 2.36. The van der Waals surface area contributed by atoms with E-state index in [0.717, 1.165) is 0 Å². The highest BCUT2D eigenvalue weighted by atomic mass is 35.5. The van der Waals surface area contributed by atoms with Crippen LogP contribution >= 0.6 is 23.2 Å². The van der Waals surface area contributed by atoms with Crippen LogP contribution in [0, 0.1) is 11.8 Å². The highest BCUT2D eigenvalue weighted by molar-refractivity contribution is 6.35. The van der Waals surface area contributed by atoms with Gasteiger partial charge >= 0.3 is 11.9 Å². The third-order valence-corrected chi connectivity index (χ3v) is 3.06. The zero-order valence-electron chi connectivity index (χ0n) is 13.2. The molecule has 0 amide bonds. The van der Waals surface area contributed by atoms with Crippen LogP contribution in [0.2, 0.25) is 10.0 Å². The lowest BCUT2D eigenvalue weighted by atomic mass is 10.3. The van der Waals surface area contributed by atoms with Gasteiger partial charge in [0.05, 0.1) is 11.6 Å². The van der Waals surface area contributed by atoms with Crippen molar-refractivity contribution in [2.75, 3.05) is 19.8 Å². The SMILES string of the molecule is CCOC(=O)C(C)=CC#CCOC(=O)COc1ccc(Cl)cc1Cl. The largest absolute Gasteiger partial charge is 0.480 e. The van der Waals surface area contributed by atoms with Gasteiger partial charge in [-0.2, -0.15) is 0 Å². The number of hydrogen-bond acceptors (Lipinski definition) is 5. The van der Waals surface area contributed by atoms with Gasteiger partial charge in [0, 0.05) is 10.6 Å². The van der Waals surface area contributed by atoms with Crippen LogP contribution in [-0.2, 0) is 19.1 Å². The molecule has 1 aromatic rings. The number of carbonyl (C=O) groups excluding carboxylic acids is 2. The summed E-state index contributed by atoms with van der Waals surface area (Å²) in [7, 11) is 0. The summed E-state index contributed by atoms with van der Waals surface area (Å²) in [5, 5.41) is 0.769. The molecule has 0 aliphatic carbocycles. The second kappa shape index (κ2) is 10.6. The van der Waals surface area contributed by atoms with Crippen molar-refractivity contribution in [3.63, 3.8) is 0 Å². The van der Waals surface area contributed by atoms with Gasteiger partial charge in [0.2, 0.25) is 0 Å².